The smallest absolute Gasteiger partial charge is 0.339 e. The lowest BCUT2D eigenvalue weighted by molar-refractivity contribution is -0.113. The van der Waals surface area contributed by atoms with Crippen molar-refractivity contribution in [1.29, 1.82) is 0 Å². The molecule has 0 radical (unpaired) electrons. The van der Waals surface area contributed by atoms with Gasteiger partial charge in [-0.05, 0) is 65.7 Å². The van der Waals surface area contributed by atoms with Gasteiger partial charge < -0.3 is 9.47 Å². The van der Waals surface area contributed by atoms with Crippen molar-refractivity contribution in [3.05, 3.63) is 105 Å². The van der Waals surface area contributed by atoms with E-state index < -0.39 is 5.97 Å². The third-order valence-electron chi connectivity index (χ3n) is 5.17. The van der Waals surface area contributed by atoms with Crippen LogP contribution in [0.2, 0.25) is 10.0 Å². The molecule has 0 bridgehead atoms. The number of methoxy groups -OCH3 is 2. The highest BCUT2D eigenvalue weighted by molar-refractivity contribution is 6.34. The van der Waals surface area contributed by atoms with E-state index in [9.17, 15) is 9.59 Å². The van der Waals surface area contributed by atoms with E-state index in [1.165, 1.54) is 7.11 Å². The van der Waals surface area contributed by atoms with E-state index in [1.54, 1.807) is 48.4 Å². The first-order valence-corrected chi connectivity index (χ1v) is 10.7. The van der Waals surface area contributed by atoms with Crippen molar-refractivity contribution in [2.45, 2.75) is 0 Å². The second kappa shape index (κ2) is 9.53. The summed E-state index contributed by atoms with van der Waals surface area (Å²) in [5.74, 6) is -0.0983. The molecule has 0 aromatic heterocycles. The van der Waals surface area contributed by atoms with Gasteiger partial charge in [-0.25, -0.2) is 4.79 Å². The molecular weight excluding hydrogens is 461 g/mol. The highest BCUT2D eigenvalue weighted by Crippen LogP contribution is 2.37. The van der Waals surface area contributed by atoms with Gasteiger partial charge in [-0.15, -0.1) is 0 Å². The summed E-state index contributed by atoms with van der Waals surface area (Å²) in [6.07, 6.45) is 3.61. The number of amides is 1. The molecule has 0 saturated heterocycles. The first kappa shape index (κ1) is 22.6. The molecule has 0 N–H and O–H groups in total. The second-order valence-electron chi connectivity index (χ2n) is 7.21. The molecule has 1 amide bonds. The van der Waals surface area contributed by atoms with E-state index in [1.807, 2.05) is 42.5 Å². The fourth-order valence-corrected chi connectivity index (χ4v) is 3.82. The molecular formula is C26H19Cl2NO4. The van der Waals surface area contributed by atoms with Crippen molar-refractivity contribution in [1.82, 2.24) is 0 Å². The Morgan fingerprint density at radius 3 is 2.27 bits per heavy atom. The van der Waals surface area contributed by atoms with Crippen LogP contribution in [0.5, 0.6) is 5.75 Å². The minimum atomic E-state index is -0.584. The number of hydrogen-bond donors (Lipinski definition) is 0. The van der Waals surface area contributed by atoms with Gasteiger partial charge in [0.2, 0.25) is 0 Å². The molecule has 3 aromatic carbocycles. The average molecular weight is 480 g/mol. The van der Waals surface area contributed by atoms with E-state index in [2.05, 4.69) is 0 Å². The van der Waals surface area contributed by atoms with Gasteiger partial charge in [-0.2, -0.15) is 0 Å². The van der Waals surface area contributed by atoms with Crippen LogP contribution in [-0.2, 0) is 9.53 Å². The molecule has 0 spiro atoms. The summed E-state index contributed by atoms with van der Waals surface area (Å²) in [4.78, 5) is 27.2. The maximum absolute atomic E-state index is 13.5. The SMILES string of the molecule is COC(=O)c1cc(N2C(=O)/C(=C\c3ccc(OC)cc3)C=C2c2ccc(Cl)cc2)ccc1Cl. The molecule has 5 nitrogen and oxygen atoms in total. The minimum absolute atomic E-state index is 0.174. The number of carbonyl (C=O) groups excluding carboxylic acids is 2. The van der Waals surface area contributed by atoms with E-state index in [0.29, 0.717) is 22.0 Å². The van der Waals surface area contributed by atoms with Crippen molar-refractivity contribution in [2.24, 2.45) is 0 Å². The maximum Gasteiger partial charge on any atom is 0.339 e. The van der Waals surface area contributed by atoms with Gasteiger partial charge in [0, 0.05) is 10.6 Å². The molecule has 1 aliphatic rings. The summed E-state index contributed by atoms with van der Waals surface area (Å²) in [7, 11) is 2.88. The summed E-state index contributed by atoms with van der Waals surface area (Å²) in [5, 5.41) is 0.826. The number of hydrogen-bond acceptors (Lipinski definition) is 4. The predicted octanol–water partition coefficient (Wildman–Crippen LogP) is 6.26. The average Bonchev–Trinajstić information content (AvgIpc) is 3.15. The van der Waals surface area contributed by atoms with Gasteiger partial charge in [0.05, 0.1) is 36.2 Å². The monoisotopic (exact) mass is 479 g/mol. The van der Waals surface area contributed by atoms with Crippen LogP contribution in [0.15, 0.2) is 78.4 Å². The van der Waals surface area contributed by atoms with E-state index in [0.717, 1.165) is 16.9 Å². The predicted molar refractivity (Wildman–Crippen MR) is 131 cm³/mol. The van der Waals surface area contributed by atoms with Crippen LogP contribution in [0.1, 0.15) is 21.5 Å². The number of benzene rings is 3. The second-order valence-corrected chi connectivity index (χ2v) is 8.05. The molecule has 0 fully saturated rings. The Morgan fingerprint density at radius 2 is 1.64 bits per heavy atom. The zero-order valence-corrected chi connectivity index (χ0v) is 19.4. The summed E-state index contributed by atoms with van der Waals surface area (Å²) >= 11 is 12.3. The summed E-state index contributed by atoms with van der Waals surface area (Å²) in [5.41, 5.74) is 3.44. The summed E-state index contributed by atoms with van der Waals surface area (Å²) in [6.45, 7) is 0. The highest BCUT2D eigenvalue weighted by atomic mass is 35.5. The molecule has 166 valence electrons. The Hall–Kier alpha value is -3.54. The Kier molecular flexibility index (Phi) is 6.54. The van der Waals surface area contributed by atoms with E-state index in [-0.39, 0.29) is 16.5 Å². The number of nitrogens with zero attached hydrogens (tertiary/aromatic N) is 1. The summed E-state index contributed by atoms with van der Waals surface area (Å²) in [6, 6.07) is 19.4. The molecule has 0 saturated carbocycles. The van der Waals surface area contributed by atoms with Crippen LogP contribution >= 0.6 is 23.2 Å². The normalized spacial score (nSPS) is 14.4. The van der Waals surface area contributed by atoms with Crippen molar-refractivity contribution in [3.63, 3.8) is 0 Å². The fourth-order valence-electron chi connectivity index (χ4n) is 3.50. The molecule has 1 aliphatic heterocycles. The number of esters is 1. The highest BCUT2D eigenvalue weighted by Gasteiger charge is 2.31. The van der Waals surface area contributed by atoms with Crippen LogP contribution in [0.4, 0.5) is 5.69 Å². The largest absolute Gasteiger partial charge is 0.497 e. The molecule has 33 heavy (non-hydrogen) atoms. The Morgan fingerprint density at radius 1 is 0.939 bits per heavy atom. The van der Waals surface area contributed by atoms with Crippen molar-refractivity contribution in [3.8, 4) is 5.75 Å². The number of halogens is 2. The molecule has 0 unspecified atom stereocenters. The number of rotatable bonds is 5. The first-order chi connectivity index (χ1) is 15.9. The van der Waals surface area contributed by atoms with Crippen molar-refractivity contribution < 1.29 is 19.1 Å². The van der Waals surface area contributed by atoms with Gasteiger partial charge in [0.1, 0.15) is 5.75 Å². The van der Waals surface area contributed by atoms with Gasteiger partial charge in [0.15, 0.2) is 0 Å². The van der Waals surface area contributed by atoms with Crippen LogP contribution in [0.3, 0.4) is 0 Å². The van der Waals surface area contributed by atoms with Gasteiger partial charge in [-0.3, -0.25) is 9.69 Å². The van der Waals surface area contributed by atoms with E-state index in [4.69, 9.17) is 32.7 Å². The number of ether oxygens (including phenoxy) is 2. The third kappa shape index (κ3) is 4.65. The lowest BCUT2D eigenvalue weighted by Crippen LogP contribution is -2.25. The molecule has 4 rings (SSSR count). The lowest BCUT2D eigenvalue weighted by atomic mass is 10.1. The Balaban J connectivity index is 1.82. The van der Waals surface area contributed by atoms with Crippen molar-refractivity contribution in [2.75, 3.05) is 19.1 Å². The summed E-state index contributed by atoms with van der Waals surface area (Å²) < 4.78 is 10.0. The van der Waals surface area contributed by atoms with Crippen LogP contribution < -0.4 is 9.64 Å². The standard InChI is InChI=1S/C26H19Cl2NO4/c1-32-21-10-3-16(4-11-21)13-18-14-24(17-5-7-19(27)8-6-17)29(25(18)30)20-9-12-23(28)22(15-20)26(31)33-2/h3-15H,1-2H3/b18-13-. The van der Waals surface area contributed by atoms with Gasteiger partial charge >= 0.3 is 5.97 Å². The van der Waals surface area contributed by atoms with Gasteiger partial charge in [0.25, 0.3) is 5.91 Å². The molecule has 1 heterocycles. The Labute approximate surface area is 201 Å². The maximum atomic E-state index is 13.5. The molecule has 0 atom stereocenters. The number of carbonyl (C=O) groups is 2. The quantitative estimate of drug-likeness (QED) is 0.320. The molecule has 3 aromatic rings. The lowest BCUT2D eigenvalue weighted by Gasteiger charge is -2.21. The number of anilines is 1. The van der Waals surface area contributed by atoms with Gasteiger partial charge in [-0.1, -0.05) is 47.5 Å². The molecule has 0 aliphatic carbocycles. The zero-order valence-electron chi connectivity index (χ0n) is 17.8. The van der Waals surface area contributed by atoms with Crippen molar-refractivity contribution >= 4 is 52.5 Å². The van der Waals surface area contributed by atoms with E-state index >= 15 is 0 Å². The fraction of sp³-hybridized carbons (Fsp3) is 0.0769. The van der Waals surface area contributed by atoms with Crippen LogP contribution in [0, 0.1) is 0 Å². The Bertz CT molecular complexity index is 1280. The first-order valence-electron chi connectivity index (χ1n) is 9.97. The third-order valence-corrected chi connectivity index (χ3v) is 5.76. The minimum Gasteiger partial charge on any atom is -0.497 e. The van der Waals surface area contributed by atoms with Crippen LogP contribution in [-0.4, -0.2) is 26.1 Å². The molecule has 7 heteroatoms. The zero-order chi connectivity index (χ0) is 23.5. The topological polar surface area (TPSA) is 55.8 Å². The van der Waals surface area contributed by atoms with Crippen LogP contribution in [0.25, 0.3) is 11.8 Å².